The molecule has 0 aromatic heterocycles. The molecule has 0 saturated heterocycles. The summed E-state index contributed by atoms with van der Waals surface area (Å²) < 4.78 is 15.2. The Bertz CT molecular complexity index is 112. The molecule has 14 heavy (non-hydrogen) atoms. The minimum Gasteiger partial charge on any atom is -0.385 e. The highest BCUT2D eigenvalue weighted by molar-refractivity contribution is 4.59. The Morgan fingerprint density at radius 2 is 1.86 bits per heavy atom. The number of rotatable bonds is 10. The van der Waals surface area contributed by atoms with Crippen LogP contribution in [0.15, 0.2) is 0 Å². The van der Waals surface area contributed by atoms with E-state index in [1.165, 1.54) is 0 Å². The summed E-state index contributed by atoms with van der Waals surface area (Å²) in [7, 11) is 5.12. The van der Waals surface area contributed by atoms with Gasteiger partial charge >= 0.3 is 0 Å². The zero-order valence-corrected chi connectivity index (χ0v) is 9.54. The van der Waals surface area contributed by atoms with Crippen molar-refractivity contribution in [3.8, 4) is 0 Å². The first-order chi connectivity index (χ1) is 6.85. The normalized spacial score (nSPS) is 13.1. The van der Waals surface area contributed by atoms with Crippen LogP contribution in [0.5, 0.6) is 0 Å². The van der Waals surface area contributed by atoms with Crippen LogP contribution >= 0.6 is 0 Å². The Hall–Kier alpha value is -0.160. The van der Waals surface area contributed by atoms with Gasteiger partial charge in [-0.2, -0.15) is 0 Å². The van der Waals surface area contributed by atoms with Gasteiger partial charge in [0, 0.05) is 34.5 Å². The number of unbranched alkanes of at least 4 members (excludes halogenated alkanes) is 1. The van der Waals surface area contributed by atoms with E-state index in [-0.39, 0.29) is 6.10 Å². The second kappa shape index (κ2) is 10.9. The molecule has 0 amide bonds. The van der Waals surface area contributed by atoms with Gasteiger partial charge in [-0.3, -0.25) is 0 Å². The second-order valence-corrected chi connectivity index (χ2v) is 3.22. The van der Waals surface area contributed by atoms with Crippen molar-refractivity contribution in [2.45, 2.75) is 18.9 Å². The van der Waals surface area contributed by atoms with E-state index in [4.69, 9.17) is 14.2 Å². The minimum atomic E-state index is 0.155. The Balaban J connectivity index is 3.15. The van der Waals surface area contributed by atoms with Gasteiger partial charge in [0.15, 0.2) is 0 Å². The zero-order valence-electron chi connectivity index (χ0n) is 9.54. The van der Waals surface area contributed by atoms with E-state index in [2.05, 4.69) is 5.32 Å². The van der Waals surface area contributed by atoms with E-state index in [9.17, 15) is 0 Å². The van der Waals surface area contributed by atoms with Gasteiger partial charge in [0.2, 0.25) is 0 Å². The molecular weight excluding hydrogens is 182 g/mol. The lowest BCUT2D eigenvalue weighted by Crippen LogP contribution is -2.32. The van der Waals surface area contributed by atoms with E-state index < -0.39 is 0 Å². The highest BCUT2D eigenvalue weighted by Crippen LogP contribution is 1.90. The van der Waals surface area contributed by atoms with Gasteiger partial charge in [-0.05, 0) is 19.4 Å². The third-order valence-electron chi connectivity index (χ3n) is 2.01. The Kier molecular flexibility index (Phi) is 10.8. The molecule has 0 heterocycles. The molecule has 0 aliphatic rings. The van der Waals surface area contributed by atoms with E-state index in [0.717, 1.165) is 32.5 Å². The highest BCUT2D eigenvalue weighted by atomic mass is 16.5. The molecule has 0 aromatic carbocycles. The zero-order chi connectivity index (χ0) is 10.6. The molecule has 0 rings (SSSR count). The van der Waals surface area contributed by atoms with Crippen LogP contribution in [0.2, 0.25) is 0 Å². The van der Waals surface area contributed by atoms with Crippen molar-refractivity contribution in [2.24, 2.45) is 0 Å². The molecule has 1 atom stereocenters. The second-order valence-electron chi connectivity index (χ2n) is 3.22. The summed E-state index contributed by atoms with van der Waals surface area (Å²) in [6.07, 6.45) is 2.39. The molecule has 0 aromatic rings. The lowest BCUT2D eigenvalue weighted by Gasteiger charge is -2.14. The van der Waals surface area contributed by atoms with Crippen LogP contribution in [0.25, 0.3) is 0 Å². The number of nitrogens with one attached hydrogen (secondary N) is 1. The SMILES string of the molecule is COCCCCNCC(COC)OC. The van der Waals surface area contributed by atoms with Crippen molar-refractivity contribution in [3.63, 3.8) is 0 Å². The van der Waals surface area contributed by atoms with Crippen molar-refractivity contribution in [3.05, 3.63) is 0 Å². The van der Waals surface area contributed by atoms with Crippen LogP contribution in [0, 0.1) is 0 Å². The van der Waals surface area contributed by atoms with Gasteiger partial charge in [-0.1, -0.05) is 0 Å². The first-order valence-electron chi connectivity index (χ1n) is 5.06. The number of methoxy groups -OCH3 is 3. The van der Waals surface area contributed by atoms with Crippen LogP contribution in [0.4, 0.5) is 0 Å². The van der Waals surface area contributed by atoms with Gasteiger partial charge in [0.25, 0.3) is 0 Å². The average Bonchev–Trinajstić information content (AvgIpc) is 2.21. The molecule has 4 nitrogen and oxygen atoms in total. The summed E-state index contributed by atoms with van der Waals surface area (Å²) in [6.45, 7) is 3.33. The summed E-state index contributed by atoms with van der Waals surface area (Å²) in [5.41, 5.74) is 0. The van der Waals surface area contributed by atoms with E-state index >= 15 is 0 Å². The fourth-order valence-electron chi connectivity index (χ4n) is 1.16. The summed E-state index contributed by atoms with van der Waals surface area (Å²) >= 11 is 0. The monoisotopic (exact) mass is 205 g/mol. The molecule has 0 radical (unpaired) electrons. The molecule has 1 unspecified atom stereocenters. The van der Waals surface area contributed by atoms with Crippen LogP contribution in [0.1, 0.15) is 12.8 Å². The van der Waals surface area contributed by atoms with Crippen LogP contribution in [-0.2, 0) is 14.2 Å². The molecule has 0 spiro atoms. The topological polar surface area (TPSA) is 39.7 Å². The minimum absolute atomic E-state index is 0.155. The van der Waals surface area contributed by atoms with Gasteiger partial charge in [0.1, 0.15) is 0 Å². The predicted octanol–water partition coefficient (Wildman–Crippen LogP) is 0.664. The molecule has 0 fully saturated rings. The van der Waals surface area contributed by atoms with Gasteiger partial charge in [0.05, 0.1) is 12.7 Å². The quantitative estimate of drug-likeness (QED) is 0.532. The van der Waals surface area contributed by atoms with Crippen LogP contribution < -0.4 is 5.32 Å². The summed E-state index contributed by atoms with van der Waals surface area (Å²) in [5, 5.41) is 3.32. The number of hydrogen-bond acceptors (Lipinski definition) is 4. The predicted molar refractivity (Wildman–Crippen MR) is 56.7 cm³/mol. The summed E-state index contributed by atoms with van der Waals surface area (Å²) in [5.74, 6) is 0. The molecule has 1 N–H and O–H groups in total. The van der Waals surface area contributed by atoms with Crippen molar-refractivity contribution in [2.75, 3.05) is 47.6 Å². The fraction of sp³-hybridized carbons (Fsp3) is 1.00. The first-order valence-corrected chi connectivity index (χ1v) is 5.06. The van der Waals surface area contributed by atoms with Crippen molar-refractivity contribution >= 4 is 0 Å². The van der Waals surface area contributed by atoms with E-state index in [0.29, 0.717) is 6.61 Å². The molecule has 86 valence electrons. The van der Waals surface area contributed by atoms with E-state index in [1.54, 1.807) is 21.3 Å². The third-order valence-corrected chi connectivity index (χ3v) is 2.01. The maximum Gasteiger partial charge on any atom is 0.0928 e. The molecule has 0 aliphatic carbocycles. The highest BCUT2D eigenvalue weighted by Gasteiger charge is 2.04. The number of hydrogen-bond donors (Lipinski definition) is 1. The molecule has 4 heteroatoms. The van der Waals surface area contributed by atoms with Gasteiger partial charge in [-0.15, -0.1) is 0 Å². The van der Waals surface area contributed by atoms with Crippen LogP contribution in [-0.4, -0.2) is 53.7 Å². The van der Waals surface area contributed by atoms with Crippen molar-refractivity contribution in [1.82, 2.24) is 5.32 Å². The van der Waals surface area contributed by atoms with E-state index in [1.807, 2.05) is 0 Å². The van der Waals surface area contributed by atoms with Crippen molar-refractivity contribution in [1.29, 1.82) is 0 Å². The van der Waals surface area contributed by atoms with Crippen molar-refractivity contribution < 1.29 is 14.2 Å². The lowest BCUT2D eigenvalue weighted by molar-refractivity contribution is 0.0289. The Labute approximate surface area is 86.9 Å². The first kappa shape index (κ1) is 13.8. The maximum absolute atomic E-state index is 5.21. The maximum atomic E-state index is 5.21. The lowest BCUT2D eigenvalue weighted by atomic mass is 10.3. The molecule has 0 saturated carbocycles. The third kappa shape index (κ3) is 8.44. The molecule has 0 bridgehead atoms. The standard InChI is InChI=1S/C10H23NO3/c1-12-7-5-4-6-11-8-10(14-3)9-13-2/h10-11H,4-9H2,1-3H3. The summed E-state index contributed by atoms with van der Waals surface area (Å²) in [6, 6.07) is 0. The van der Waals surface area contributed by atoms with Gasteiger partial charge < -0.3 is 19.5 Å². The fourth-order valence-corrected chi connectivity index (χ4v) is 1.16. The average molecular weight is 205 g/mol. The largest absolute Gasteiger partial charge is 0.385 e. The van der Waals surface area contributed by atoms with Gasteiger partial charge in [-0.25, -0.2) is 0 Å². The smallest absolute Gasteiger partial charge is 0.0928 e. The van der Waals surface area contributed by atoms with Crippen LogP contribution in [0.3, 0.4) is 0 Å². The summed E-state index contributed by atoms with van der Waals surface area (Å²) in [4.78, 5) is 0. The Morgan fingerprint density at radius 1 is 1.07 bits per heavy atom. The molecular formula is C10H23NO3. The number of ether oxygens (including phenoxy) is 3. The molecule has 0 aliphatic heterocycles. The Morgan fingerprint density at radius 3 is 2.43 bits per heavy atom.